The molecule has 1 rings (SSSR count). The van der Waals surface area contributed by atoms with E-state index in [1.54, 1.807) is 6.92 Å². The van der Waals surface area contributed by atoms with Crippen molar-refractivity contribution in [3.63, 3.8) is 0 Å². The second-order valence-corrected chi connectivity index (χ2v) is 3.88. The molecule has 1 atom stereocenters. The number of esters is 1. The molecule has 0 aromatic rings. The summed E-state index contributed by atoms with van der Waals surface area (Å²) in [7, 11) is 0. The van der Waals surface area contributed by atoms with Crippen molar-refractivity contribution in [1.29, 1.82) is 0 Å². The van der Waals surface area contributed by atoms with Crippen molar-refractivity contribution in [1.82, 2.24) is 0 Å². The molecule has 3 nitrogen and oxygen atoms in total. The normalized spacial score (nSPS) is 22.5. The molecule has 1 aliphatic rings. The van der Waals surface area contributed by atoms with Gasteiger partial charge in [0.25, 0.3) is 0 Å². The van der Waals surface area contributed by atoms with E-state index >= 15 is 0 Å². The largest absolute Gasteiger partial charge is 0.460 e. The lowest BCUT2D eigenvalue weighted by molar-refractivity contribution is -0.144. The fourth-order valence-corrected chi connectivity index (χ4v) is 1.61. The second kappa shape index (κ2) is 6.62. The molecule has 0 bridgehead atoms. The van der Waals surface area contributed by atoms with Gasteiger partial charge in [-0.25, -0.2) is 4.79 Å². The van der Waals surface area contributed by atoms with Gasteiger partial charge in [0.05, 0.1) is 6.10 Å². The lowest BCUT2D eigenvalue weighted by atomic mass is 10.1. The quantitative estimate of drug-likeness (QED) is 0.530. The summed E-state index contributed by atoms with van der Waals surface area (Å²) in [5, 5.41) is 0. The summed E-state index contributed by atoms with van der Waals surface area (Å²) in [5.74, 6) is -0.217. The monoisotopic (exact) mass is 212 g/mol. The zero-order chi connectivity index (χ0) is 11.1. The molecule has 1 saturated heterocycles. The third-order valence-electron chi connectivity index (χ3n) is 2.51. The van der Waals surface area contributed by atoms with Crippen molar-refractivity contribution in [3.8, 4) is 0 Å². The maximum atomic E-state index is 11.4. The van der Waals surface area contributed by atoms with Crippen molar-refractivity contribution < 1.29 is 14.3 Å². The van der Waals surface area contributed by atoms with E-state index in [4.69, 9.17) is 9.47 Å². The minimum absolute atomic E-state index is 0.108. The number of hydrogen-bond donors (Lipinski definition) is 0. The minimum Gasteiger partial charge on any atom is -0.460 e. The van der Waals surface area contributed by atoms with E-state index in [-0.39, 0.29) is 12.1 Å². The van der Waals surface area contributed by atoms with Gasteiger partial charge in [-0.15, -0.1) is 0 Å². The highest BCUT2D eigenvalue weighted by molar-refractivity contribution is 5.87. The van der Waals surface area contributed by atoms with Crippen molar-refractivity contribution in [2.75, 3.05) is 13.2 Å². The fourth-order valence-electron chi connectivity index (χ4n) is 1.61. The van der Waals surface area contributed by atoms with E-state index in [2.05, 4.69) is 0 Å². The lowest BCUT2D eigenvalue weighted by Crippen LogP contribution is -2.26. The predicted octanol–water partition coefficient (Wildman–Crippen LogP) is 2.46. The van der Waals surface area contributed by atoms with Gasteiger partial charge >= 0.3 is 5.97 Å². The Bertz CT molecular complexity index is 227. The fraction of sp³-hybridized carbons (Fsp3) is 0.750. The number of ether oxygens (including phenoxy) is 2. The van der Waals surface area contributed by atoms with Crippen LogP contribution in [0.5, 0.6) is 0 Å². The Morgan fingerprint density at radius 1 is 1.53 bits per heavy atom. The van der Waals surface area contributed by atoms with Crippen LogP contribution in [0.4, 0.5) is 0 Å². The Hall–Kier alpha value is -0.830. The first-order chi connectivity index (χ1) is 7.24. The van der Waals surface area contributed by atoms with Crippen LogP contribution in [0.15, 0.2) is 11.6 Å². The van der Waals surface area contributed by atoms with E-state index in [9.17, 15) is 4.79 Å². The van der Waals surface area contributed by atoms with Gasteiger partial charge in [0, 0.05) is 12.2 Å². The van der Waals surface area contributed by atoms with Crippen LogP contribution in [0, 0.1) is 0 Å². The molecule has 15 heavy (non-hydrogen) atoms. The summed E-state index contributed by atoms with van der Waals surface area (Å²) in [4.78, 5) is 11.4. The van der Waals surface area contributed by atoms with Gasteiger partial charge in [-0.2, -0.15) is 0 Å². The number of hydrogen-bond acceptors (Lipinski definition) is 3. The van der Waals surface area contributed by atoms with Crippen LogP contribution < -0.4 is 0 Å². The molecule has 1 aliphatic heterocycles. The molecule has 86 valence electrons. The zero-order valence-electron chi connectivity index (χ0n) is 9.62. The molecular weight excluding hydrogens is 192 g/mol. The highest BCUT2D eigenvalue weighted by atomic mass is 16.6. The van der Waals surface area contributed by atoms with Crippen LogP contribution in [-0.4, -0.2) is 25.3 Å². The summed E-state index contributed by atoms with van der Waals surface area (Å²) >= 11 is 0. The molecule has 0 radical (unpaired) electrons. The molecule has 0 spiro atoms. The Balaban J connectivity index is 2.23. The summed E-state index contributed by atoms with van der Waals surface area (Å²) in [6, 6.07) is 0. The highest BCUT2D eigenvalue weighted by Crippen LogP contribution is 2.13. The van der Waals surface area contributed by atoms with Gasteiger partial charge < -0.3 is 9.47 Å². The van der Waals surface area contributed by atoms with E-state index in [0.29, 0.717) is 12.2 Å². The number of rotatable bonds is 4. The summed E-state index contributed by atoms with van der Waals surface area (Å²) in [6.07, 6.45) is 6.15. The van der Waals surface area contributed by atoms with E-state index < -0.39 is 0 Å². The molecule has 0 aliphatic carbocycles. The maximum Gasteiger partial charge on any atom is 0.333 e. The second-order valence-electron chi connectivity index (χ2n) is 3.88. The van der Waals surface area contributed by atoms with Gasteiger partial charge in [-0.1, -0.05) is 13.0 Å². The van der Waals surface area contributed by atoms with Gasteiger partial charge in [-0.3, -0.25) is 0 Å². The van der Waals surface area contributed by atoms with Crippen LogP contribution >= 0.6 is 0 Å². The maximum absolute atomic E-state index is 11.4. The summed E-state index contributed by atoms with van der Waals surface area (Å²) < 4.78 is 10.6. The molecule has 3 heteroatoms. The van der Waals surface area contributed by atoms with Gasteiger partial charge in [-0.05, 0) is 32.6 Å². The molecule has 0 aromatic carbocycles. The average molecular weight is 212 g/mol. The third-order valence-corrected chi connectivity index (χ3v) is 2.51. The molecule has 1 fully saturated rings. The number of allylic oxidation sites excluding steroid dienone is 1. The smallest absolute Gasteiger partial charge is 0.333 e. The molecule has 1 heterocycles. The molecular formula is C12H20O3. The molecule has 0 unspecified atom stereocenters. The van der Waals surface area contributed by atoms with E-state index in [1.807, 2.05) is 13.0 Å². The Labute approximate surface area is 91.4 Å². The van der Waals surface area contributed by atoms with E-state index in [1.165, 1.54) is 6.42 Å². The third kappa shape index (κ3) is 4.47. The summed E-state index contributed by atoms with van der Waals surface area (Å²) in [5.41, 5.74) is 0.688. The number of carbonyl (C=O) groups is 1. The number of carbonyl (C=O) groups excluding carboxylic acids is 1. The van der Waals surface area contributed by atoms with Crippen LogP contribution in [-0.2, 0) is 14.3 Å². The van der Waals surface area contributed by atoms with Crippen molar-refractivity contribution in [2.45, 2.75) is 45.6 Å². The Morgan fingerprint density at radius 3 is 2.93 bits per heavy atom. The first kappa shape index (κ1) is 12.2. The summed E-state index contributed by atoms with van der Waals surface area (Å²) in [6.45, 7) is 4.98. The highest BCUT2D eigenvalue weighted by Gasteiger charge is 2.16. The van der Waals surface area contributed by atoms with Crippen molar-refractivity contribution in [2.24, 2.45) is 0 Å². The molecule has 0 amide bonds. The minimum atomic E-state index is -0.217. The van der Waals surface area contributed by atoms with Crippen LogP contribution in [0.3, 0.4) is 0 Å². The van der Waals surface area contributed by atoms with Crippen LogP contribution in [0.25, 0.3) is 0 Å². The van der Waals surface area contributed by atoms with Crippen LogP contribution in [0.1, 0.15) is 39.5 Å². The van der Waals surface area contributed by atoms with Gasteiger partial charge in [0.2, 0.25) is 0 Å². The Kier molecular flexibility index (Phi) is 5.40. The lowest BCUT2D eigenvalue weighted by Gasteiger charge is -2.22. The topological polar surface area (TPSA) is 35.5 Å². The SMILES string of the molecule is CC/C=C(/C)C(=O)OC[C@@H]1CCCCO1. The van der Waals surface area contributed by atoms with Crippen molar-refractivity contribution >= 4 is 5.97 Å². The predicted molar refractivity (Wildman–Crippen MR) is 58.6 cm³/mol. The molecule has 0 aromatic heterocycles. The van der Waals surface area contributed by atoms with E-state index in [0.717, 1.165) is 25.9 Å². The first-order valence-electron chi connectivity index (χ1n) is 5.69. The van der Waals surface area contributed by atoms with Crippen molar-refractivity contribution in [3.05, 3.63) is 11.6 Å². The molecule has 0 N–H and O–H groups in total. The Morgan fingerprint density at radius 2 is 2.33 bits per heavy atom. The average Bonchev–Trinajstić information content (AvgIpc) is 2.27. The standard InChI is InChI=1S/C12H20O3/c1-3-6-10(2)12(13)15-9-11-7-4-5-8-14-11/h6,11H,3-5,7-9H2,1-2H3/b10-6-/t11-/m0/s1. The zero-order valence-corrected chi connectivity index (χ0v) is 9.62. The van der Waals surface area contributed by atoms with Gasteiger partial charge in [0.15, 0.2) is 0 Å². The van der Waals surface area contributed by atoms with Crippen LogP contribution in [0.2, 0.25) is 0 Å². The first-order valence-corrected chi connectivity index (χ1v) is 5.69. The van der Waals surface area contributed by atoms with Gasteiger partial charge in [0.1, 0.15) is 6.61 Å². The molecule has 0 saturated carbocycles.